The Hall–Kier alpha value is -0.380. The average Bonchev–Trinajstić information content (AvgIpc) is 2.05. The Morgan fingerprint density at radius 2 is 1.94 bits per heavy atom. The highest BCUT2D eigenvalue weighted by Crippen LogP contribution is 2.87. The number of hydrogen-bond donors (Lipinski definition) is 0. The fourth-order valence-electron chi connectivity index (χ4n) is 5.07. The van der Waals surface area contributed by atoms with Crippen LogP contribution in [0.15, 0.2) is 0 Å². The van der Waals surface area contributed by atoms with E-state index >= 15 is 0 Å². The van der Waals surface area contributed by atoms with Crippen molar-refractivity contribution in [3.8, 4) is 0 Å². The molecule has 0 bridgehead atoms. The Morgan fingerprint density at radius 3 is 2.31 bits per heavy atom. The number of rotatable bonds is 2. The molecule has 3 rings (SSSR count). The Balaban J connectivity index is 2.04. The molecule has 3 aliphatic carbocycles. The molecule has 3 fully saturated rings. The number of Topliss-reactive ketones (excluding diaryl/α,β-unsaturated/α-hetero) is 1. The summed E-state index contributed by atoms with van der Waals surface area (Å²) in [5, 5.41) is 0. The topological polar surface area (TPSA) is 51.2 Å². The van der Waals surface area contributed by atoms with Gasteiger partial charge in [-0.2, -0.15) is 0 Å². The second-order valence-electron chi connectivity index (χ2n) is 6.53. The summed E-state index contributed by atoms with van der Waals surface area (Å²) < 4.78 is 23.2. The first-order valence-corrected chi connectivity index (χ1v) is 7.94. The minimum absolute atomic E-state index is 0.0300. The molecular formula is C12H18O3S. The molecule has 3 atom stereocenters. The van der Waals surface area contributed by atoms with E-state index in [9.17, 15) is 13.2 Å². The molecule has 1 spiro atoms. The predicted octanol–water partition coefficient (Wildman–Crippen LogP) is 1.43. The van der Waals surface area contributed by atoms with Gasteiger partial charge in [0.15, 0.2) is 0 Å². The molecule has 16 heavy (non-hydrogen) atoms. The van der Waals surface area contributed by atoms with Crippen LogP contribution in [-0.2, 0) is 14.6 Å². The molecule has 0 amide bonds. The highest BCUT2D eigenvalue weighted by Gasteiger charge is 2.87. The zero-order valence-corrected chi connectivity index (χ0v) is 10.9. The molecule has 0 aromatic carbocycles. The van der Waals surface area contributed by atoms with Crippen molar-refractivity contribution in [2.24, 2.45) is 22.2 Å². The van der Waals surface area contributed by atoms with Crippen molar-refractivity contribution < 1.29 is 13.2 Å². The van der Waals surface area contributed by atoms with E-state index in [4.69, 9.17) is 0 Å². The standard InChI is InChI=1S/C12H18O3S/c1-10(2)8-6-9(13)12(8)5-4-11(10,12)7-16(3,14)15/h8H,4-7H2,1-3H3. The molecular weight excluding hydrogens is 224 g/mol. The van der Waals surface area contributed by atoms with Crippen LogP contribution in [0.5, 0.6) is 0 Å². The fourth-order valence-corrected chi connectivity index (χ4v) is 6.74. The average molecular weight is 242 g/mol. The summed E-state index contributed by atoms with van der Waals surface area (Å²) in [5.41, 5.74) is -0.421. The van der Waals surface area contributed by atoms with Gasteiger partial charge in [-0.3, -0.25) is 4.79 Å². The maximum Gasteiger partial charge on any atom is 0.148 e. The molecule has 0 heterocycles. The summed E-state index contributed by atoms with van der Waals surface area (Å²) in [7, 11) is -3.00. The molecule has 3 aliphatic rings. The van der Waals surface area contributed by atoms with E-state index in [0.29, 0.717) is 18.1 Å². The van der Waals surface area contributed by atoms with Gasteiger partial charge in [-0.05, 0) is 24.2 Å². The number of carbonyl (C=O) groups is 1. The Labute approximate surface area is 96.5 Å². The lowest BCUT2D eigenvalue weighted by atomic mass is 9.18. The maximum absolute atomic E-state index is 11.9. The van der Waals surface area contributed by atoms with Gasteiger partial charge in [0.1, 0.15) is 15.6 Å². The van der Waals surface area contributed by atoms with Crippen LogP contribution >= 0.6 is 0 Å². The highest BCUT2D eigenvalue weighted by molar-refractivity contribution is 7.90. The fraction of sp³-hybridized carbons (Fsp3) is 0.917. The van der Waals surface area contributed by atoms with E-state index in [1.165, 1.54) is 6.26 Å². The first kappa shape index (κ1) is 10.8. The van der Waals surface area contributed by atoms with Crippen LogP contribution in [-0.4, -0.2) is 26.2 Å². The van der Waals surface area contributed by atoms with E-state index in [0.717, 1.165) is 12.8 Å². The number of sulfone groups is 1. The van der Waals surface area contributed by atoms with Crippen LogP contribution < -0.4 is 0 Å². The van der Waals surface area contributed by atoms with Crippen LogP contribution in [0.3, 0.4) is 0 Å². The Bertz CT molecular complexity index is 490. The summed E-state index contributed by atoms with van der Waals surface area (Å²) in [4.78, 5) is 11.9. The molecule has 0 saturated heterocycles. The molecule has 90 valence electrons. The largest absolute Gasteiger partial charge is 0.299 e. The van der Waals surface area contributed by atoms with Gasteiger partial charge in [0, 0.05) is 23.5 Å². The number of carbonyl (C=O) groups excluding carboxylic acids is 1. The van der Waals surface area contributed by atoms with Crippen molar-refractivity contribution in [1.29, 1.82) is 0 Å². The SMILES string of the molecule is CC1(C)C2CC(=O)C23CCC13CS(C)(=O)=O. The second kappa shape index (κ2) is 2.40. The summed E-state index contributed by atoms with van der Waals surface area (Å²) >= 11 is 0. The van der Waals surface area contributed by atoms with E-state index in [-0.39, 0.29) is 22.0 Å². The molecule has 0 N–H and O–H groups in total. The second-order valence-corrected chi connectivity index (χ2v) is 8.67. The Kier molecular flexibility index (Phi) is 1.61. The summed E-state index contributed by atoms with van der Waals surface area (Å²) in [6.07, 6.45) is 3.81. The molecule has 0 aromatic heterocycles. The van der Waals surface area contributed by atoms with Gasteiger partial charge in [-0.25, -0.2) is 8.42 Å². The van der Waals surface area contributed by atoms with Crippen LogP contribution in [0, 0.1) is 22.2 Å². The number of ketones is 1. The number of hydrogen-bond acceptors (Lipinski definition) is 3. The minimum atomic E-state index is -3.00. The third kappa shape index (κ3) is 0.783. The van der Waals surface area contributed by atoms with Crippen molar-refractivity contribution >= 4 is 15.6 Å². The summed E-state index contributed by atoms with van der Waals surface area (Å²) in [5.74, 6) is 0.977. The van der Waals surface area contributed by atoms with E-state index < -0.39 is 9.84 Å². The van der Waals surface area contributed by atoms with E-state index in [2.05, 4.69) is 13.8 Å². The van der Waals surface area contributed by atoms with Crippen molar-refractivity contribution in [3.63, 3.8) is 0 Å². The third-order valence-corrected chi connectivity index (χ3v) is 6.91. The first-order valence-electron chi connectivity index (χ1n) is 5.88. The maximum atomic E-state index is 11.9. The van der Waals surface area contributed by atoms with Crippen molar-refractivity contribution in [2.75, 3.05) is 12.0 Å². The van der Waals surface area contributed by atoms with Gasteiger partial charge in [-0.15, -0.1) is 0 Å². The lowest BCUT2D eigenvalue weighted by molar-refractivity contribution is -0.331. The lowest BCUT2D eigenvalue weighted by Crippen LogP contribution is -2.85. The van der Waals surface area contributed by atoms with Gasteiger partial charge in [0.25, 0.3) is 0 Å². The van der Waals surface area contributed by atoms with E-state index in [1.807, 2.05) is 0 Å². The zero-order valence-electron chi connectivity index (χ0n) is 10.0. The van der Waals surface area contributed by atoms with Crippen LogP contribution in [0.2, 0.25) is 0 Å². The summed E-state index contributed by atoms with van der Waals surface area (Å²) in [6.45, 7) is 4.29. The monoisotopic (exact) mass is 242 g/mol. The van der Waals surface area contributed by atoms with Crippen LogP contribution in [0.25, 0.3) is 0 Å². The summed E-state index contributed by atoms with van der Waals surface area (Å²) in [6, 6.07) is 0. The van der Waals surface area contributed by atoms with Gasteiger partial charge in [0.05, 0.1) is 5.75 Å². The molecule has 3 unspecified atom stereocenters. The normalized spacial score (nSPS) is 48.2. The van der Waals surface area contributed by atoms with E-state index in [1.54, 1.807) is 0 Å². The predicted molar refractivity (Wildman–Crippen MR) is 60.7 cm³/mol. The molecule has 3 saturated carbocycles. The zero-order chi connectivity index (χ0) is 12.0. The van der Waals surface area contributed by atoms with Crippen LogP contribution in [0.4, 0.5) is 0 Å². The van der Waals surface area contributed by atoms with Gasteiger partial charge >= 0.3 is 0 Å². The lowest BCUT2D eigenvalue weighted by Gasteiger charge is -2.85. The molecule has 0 aliphatic heterocycles. The Morgan fingerprint density at radius 1 is 1.31 bits per heavy atom. The van der Waals surface area contributed by atoms with Crippen LogP contribution in [0.1, 0.15) is 33.1 Å². The molecule has 4 heteroatoms. The minimum Gasteiger partial charge on any atom is -0.299 e. The highest BCUT2D eigenvalue weighted by atomic mass is 32.2. The van der Waals surface area contributed by atoms with Gasteiger partial charge in [0.2, 0.25) is 0 Å². The molecule has 0 radical (unpaired) electrons. The van der Waals surface area contributed by atoms with Crippen molar-refractivity contribution in [2.45, 2.75) is 33.1 Å². The molecule has 0 aromatic rings. The first-order chi connectivity index (χ1) is 7.17. The molecule has 3 nitrogen and oxygen atoms in total. The smallest absolute Gasteiger partial charge is 0.148 e. The van der Waals surface area contributed by atoms with Crippen molar-refractivity contribution in [3.05, 3.63) is 0 Å². The van der Waals surface area contributed by atoms with Gasteiger partial charge < -0.3 is 0 Å². The third-order valence-electron chi connectivity index (χ3n) is 5.90. The van der Waals surface area contributed by atoms with Gasteiger partial charge in [-0.1, -0.05) is 13.8 Å². The van der Waals surface area contributed by atoms with Crippen molar-refractivity contribution in [1.82, 2.24) is 0 Å². The quantitative estimate of drug-likeness (QED) is 0.736.